The first-order valence-electron chi connectivity index (χ1n) is 7.01. The normalized spacial score (nSPS) is 27.9. The molecule has 1 aromatic carbocycles. The molecule has 1 aromatic rings. The highest BCUT2D eigenvalue weighted by Gasteiger charge is 2.30. The van der Waals surface area contributed by atoms with E-state index in [1.165, 1.54) is 0 Å². The van der Waals surface area contributed by atoms with Crippen molar-refractivity contribution in [1.82, 2.24) is 5.32 Å². The van der Waals surface area contributed by atoms with Gasteiger partial charge in [0, 0.05) is 23.9 Å². The first-order chi connectivity index (χ1) is 9.24. The van der Waals surface area contributed by atoms with Gasteiger partial charge in [0.1, 0.15) is 5.75 Å². The number of para-hydroxylation sites is 1. The molecule has 0 bridgehead atoms. The Morgan fingerprint density at radius 1 is 1.25 bits per heavy atom. The largest absolute Gasteiger partial charge is 0.493 e. The Morgan fingerprint density at radius 2 is 2.05 bits per heavy atom. The van der Waals surface area contributed by atoms with Gasteiger partial charge in [0.2, 0.25) is 5.91 Å². The second kappa shape index (κ2) is 6.46. The Kier molecular flexibility index (Phi) is 4.89. The number of ether oxygens (including phenoxy) is 1. The molecule has 4 nitrogen and oxygen atoms in total. The lowest BCUT2D eigenvalue weighted by Gasteiger charge is -2.27. The van der Waals surface area contributed by atoms with E-state index in [0.717, 1.165) is 37.0 Å². The molecular formula is C15H21ClN2O2. The Morgan fingerprint density at radius 3 is 2.80 bits per heavy atom. The summed E-state index contributed by atoms with van der Waals surface area (Å²) < 4.78 is 5.61. The molecule has 3 N–H and O–H groups in total. The molecule has 1 aliphatic heterocycles. The van der Waals surface area contributed by atoms with E-state index in [1.54, 1.807) is 0 Å². The maximum absolute atomic E-state index is 12.3. The zero-order valence-electron chi connectivity index (χ0n) is 11.4. The van der Waals surface area contributed by atoms with Gasteiger partial charge in [-0.25, -0.2) is 0 Å². The number of benzene rings is 1. The summed E-state index contributed by atoms with van der Waals surface area (Å²) in [6.07, 6.45) is 3.53. The Balaban J connectivity index is 0.00000147. The first kappa shape index (κ1) is 15.1. The second-order valence-corrected chi connectivity index (χ2v) is 5.51. The van der Waals surface area contributed by atoms with Crippen LogP contribution >= 0.6 is 12.4 Å². The fraction of sp³-hybridized carbons (Fsp3) is 0.533. The van der Waals surface area contributed by atoms with Crippen LogP contribution in [0.15, 0.2) is 24.3 Å². The van der Waals surface area contributed by atoms with Gasteiger partial charge in [-0.15, -0.1) is 12.4 Å². The molecular weight excluding hydrogens is 276 g/mol. The molecule has 1 fully saturated rings. The predicted molar refractivity (Wildman–Crippen MR) is 80.0 cm³/mol. The van der Waals surface area contributed by atoms with Gasteiger partial charge in [-0.3, -0.25) is 4.79 Å². The Labute approximate surface area is 125 Å². The number of hydrogen-bond donors (Lipinski definition) is 2. The second-order valence-electron chi connectivity index (χ2n) is 5.51. The van der Waals surface area contributed by atoms with Crippen molar-refractivity contribution in [1.29, 1.82) is 0 Å². The van der Waals surface area contributed by atoms with Gasteiger partial charge in [-0.1, -0.05) is 18.2 Å². The number of carbonyl (C=O) groups is 1. The van der Waals surface area contributed by atoms with Gasteiger partial charge in [0.15, 0.2) is 0 Å². The van der Waals surface area contributed by atoms with Gasteiger partial charge < -0.3 is 15.8 Å². The van der Waals surface area contributed by atoms with Gasteiger partial charge in [-0.2, -0.15) is 0 Å². The monoisotopic (exact) mass is 296 g/mol. The molecule has 5 heteroatoms. The summed E-state index contributed by atoms with van der Waals surface area (Å²) in [6, 6.07) is 8.20. The van der Waals surface area contributed by atoms with Crippen LogP contribution in [0.4, 0.5) is 0 Å². The number of rotatable bonds is 2. The van der Waals surface area contributed by atoms with E-state index in [2.05, 4.69) is 5.32 Å². The number of nitrogens with two attached hydrogens (primary N) is 1. The standard InChI is InChI=1S/C15H20N2O2.ClH/c16-11-6-5-10(9-11)15(18)17-13-7-8-19-14-4-2-1-3-12(13)14;/h1-4,10-11,13H,5-9,16H2,(H,17,18);1H. The third-order valence-electron chi connectivity index (χ3n) is 4.12. The van der Waals surface area contributed by atoms with E-state index in [4.69, 9.17) is 10.5 Å². The van der Waals surface area contributed by atoms with Crippen LogP contribution in [-0.2, 0) is 4.79 Å². The van der Waals surface area contributed by atoms with Gasteiger partial charge >= 0.3 is 0 Å². The molecule has 1 heterocycles. The highest BCUT2D eigenvalue weighted by atomic mass is 35.5. The molecule has 1 amide bonds. The molecule has 1 saturated carbocycles. The molecule has 3 unspecified atom stereocenters. The topological polar surface area (TPSA) is 64.4 Å². The lowest BCUT2D eigenvalue weighted by atomic mass is 9.99. The third kappa shape index (κ3) is 3.07. The zero-order valence-corrected chi connectivity index (χ0v) is 12.2. The van der Waals surface area contributed by atoms with Crippen LogP contribution in [0.1, 0.15) is 37.3 Å². The van der Waals surface area contributed by atoms with Crippen molar-refractivity contribution in [3.63, 3.8) is 0 Å². The van der Waals surface area contributed by atoms with Crippen LogP contribution < -0.4 is 15.8 Å². The van der Waals surface area contributed by atoms with E-state index >= 15 is 0 Å². The highest BCUT2D eigenvalue weighted by Crippen LogP contribution is 2.32. The summed E-state index contributed by atoms with van der Waals surface area (Å²) in [7, 11) is 0. The molecule has 3 atom stereocenters. The number of nitrogens with one attached hydrogen (secondary N) is 1. The number of amides is 1. The minimum Gasteiger partial charge on any atom is -0.493 e. The Hall–Kier alpha value is -1.26. The summed E-state index contributed by atoms with van der Waals surface area (Å²) in [6.45, 7) is 0.659. The lowest BCUT2D eigenvalue weighted by Crippen LogP contribution is -2.36. The number of carbonyl (C=O) groups excluding carboxylic acids is 1. The predicted octanol–water partition coefficient (Wildman–Crippen LogP) is 2.18. The van der Waals surface area contributed by atoms with E-state index < -0.39 is 0 Å². The molecule has 3 rings (SSSR count). The minimum atomic E-state index is 0. The van der Waals surface area contributed by atoms with E-state index in [-0.39, 0.29) is 36.3 Å². The quantitative estimate of drug-likeness (QED) is 0.879. The van der Waals surface area contributed by atoms with Gasteiger partial charge in [0.25, 0.3) is 0 Å². The fourth-order valence-corrected chi connectivity index (χ4v) is 3.04. The molecule has 0 aromatic heterocycles. The van der Waals surface area contributed by atoms with Crippen molar-refractivity contribution in [2.75, 3.05) is 6.61 Å². The van der Waals surface area contributed by atoms with Crippen LogP contribution in [0, 0.1) is 5.92 Å². The van der Waals surface area contributed by atoms with Crippen molar-refractivity contribution >= 4 is 18.3 Å². The zero-order chi connectivity index (χ0) is 13.2. The maximum atomic E-state index is 12.3. The summed E-state index contributed by atoms with van der Waals surface area (Å²) in [5.41, 5.74) is 6.96. The first-order valence-corrected chi connectivity index (χ1v) is 7.01. The average Bonchev–Trinajstić information content (AvgIpc) is 2.86. The SMILES string of the molecule is Cl.NC1CCC(C(=O)NC2CCOc3ccccc32)C1. The average molecular weight is 297 g/mol. The Bertz CT molecular complexity index is 481. The number of fused-ring (bicyclic) bond motifs is 1. The summed E-state index contributed by atoms with van der Waals surface area (Å²) in [5.74, 6) is 1.13. The molecule has 1 aliphatic carbocycles. The molecule has 0 saturated heterocycles. The molecule has 0 spiro atoms. The van der Waals surface area contributed by atoms with Crippen LogP contribution in [0.3, 0.4) is 0 Å². The van der Waals surface area contributed by atoms with Crippen molar-refractivity contribution in [2.45, 2.75) is 37.8 Å². The fourth-order valence-electron chi connectivity index (χ4n) is 3.04. The minimum absolute atomic E-state index is 0. The summed E-state index contributed by atoms with van der Waals surface area (Å²) in [4.78, 5) is 12.3. The molecule has 20 heavy (non-hydrogen) atoms. The van der Waals surface area contributed by atoms with Crippen LogP contribution in [0.2, 0.25) is 0 Å². The number of hydrogen-bond acceptors (Lipinski definition) is 3. The van der Waals surface area contributed by atoms with Crippen LogP contribution in [0.5, 0.6) is 5.75 Å². The van der Waals surface area contributed by atoms with Crippen molar-refractivity contribution in [3.8, 4) is 5.75 Å². The smallest absolute Gasteiger partial charge is 0.223 e. The molecule has 110 valence electrons. The summed E-state index contributed by atoms with van der Waals surface area (Å²) in [5, 5.41) is 3.16. The van der Waals surface area contributed by atoms with Crippen molar-refractivity contribution in [3.05, 3.63) is 29.8 Å². The highest BCUT2D eigenvalue weighted by molar-refractivity contribution is 5.85. The molecule has 2 aliphatic rings. The van der Waals surface area contributed by atoms with E-state index in [0.29, 0.717) is 6.61 Å². The van der Waals surface area contributed by atoms with E-state index in [1.807, 2.05) is 24.3 Å². The lowest BCUT2D eigenvalue weighted by molar-refractivity contribution is -0.125. The maximum Gasteiger partial charge on any atom is 0.223 e. The molecule has 0 radical (unpaired) electrons. The number of halogens is 1. The van der Waals surface area contributed by atoms with Crippen LogP contribution in [-0.4, -0.2) is 18.6 Å². The van der Waals surface area contributed by atoms with Crippen LogP contribution in [0.25, 0.3) is 0 Å². The van der Waals surface area contributed by atoms with Gasteiger partial charge in [0.05, 0.1) is 12.6 Å². The summed E-state index contributed by atoms with van der Waals surface area (Å²) >= 11 is 0. The van der Waals surface area contributed by atoms with Crippen molar-refractivity contribution in [2.24, 2.45) is 11.7 Å². The third-order valence-corrected chi connectivity index (χ3v) is 4.12. The van der Waals surface area contributed by atoms with Crippen molar-refractivity contribution < 1.29 is 9.53 Å². The van der Waals surface area contributed by atoms with E-state index in [9.17, 15) is 4.79 Å². The van der Waals surface area contributed by atoms with Gasteiger partial charge in [-0.05, 0) is 25.3 Å².